The van der Waals surface area contributed by atoms with Crippen LogP contribution >= 0.6 is 0 Å². The number of nitrogens with one attached hydrogen (secondary N) is 1. The highest BCUT2D eigenvalue weighted by Crippen LogP contribution is 2.40. The summed E-state index contributed by atoms with van der Waals surface area (Å²) >= 11 is 0. The van der Waals surface area contributed by atoms with E-state index in [-0.39, 0.29) is 24.8 Å². The molecule has 1 atom stereocenters. The van der Waals surface area contributed by atoms with Crippen molar-refractivity contribution in [3.05, 3.63) is 99.8 Å². The molecule has 2 N–H and O–H groups in total. The number of benzene rings is 3. The zero-order valence-corrected chi connectivity index (χ0v) is 21.1. The molecule has 0 saturated carbocycles. The summed E-state index contributed by atoms with van der Waals surface area (Å²) in [6.45, 7) is 2.00. The predicted octanol–water partition coefficient (Wildman–Crippen LogP) is 5.05. The highest BCUT2D eigenvalue weighted by Gasteiger charge is 2.36. The number of carbonyl (C=O) groups excluding carboxylic acids is 1. The average Bonchev–Trinajstić information content (AvgIpc) is 3.36. The third kappa shape index (κ3) is 4.68. The lowest BCUT2D eigenvalue weighted by Crippen LogP contribution is -2.27. The van der Waals surface area contributed by atoms with Crippen LogP contribution in [0.25, 0.3) is 22.0 Å². The third-order valence-corrected chi connectivity index (χ3v) is 6.77. The molecule has 1 aromatic heterocycles. The second-order valence-electron chi connectivity index (χ2n) is 9.26. The first-order valence-corrected chi connectivity index (χ1v) is 12.3. The molecule has 38 heavy (non-hydrogen) atoms. The molecule has 1 amide bonds. The number of carboxylic acids is 1. The van der Waals surface area contributed by atoms with Gasteiger partial charge < -0.3 is 14.8 Å². The van der Waals surface area contributed by atoms with Crippen LogP contribution in [-0.4, -0.2) is 39.8 Å². The molecule has 0 bridgehead atoms. The first-order valence-electron chi connectivity index (χ1n) is 12.3. The predicted molar refractivity (Wildman–Crippen MR) is 145 cm³/mol. The van der Waals surface area contributed by atoms with E-state index in [4.69, 9.17) is 9.84 Å². The fraction of sp³-hybridized carbons (Fsp3) is 0.200. The van der Waals surface area contributed by atoms with E-state index >= 15 is 0 Å². The number of aromatic nitrogens is 1. The number of carbonyl (C=O) groups is 2. The maximum absolute atomic E-state index is 13.6. The molecule has 192 valence electrons. The number of hydrazone groups is 1. The van der Waals surface area contributed by atoms with Crippen molar-refractivity contribution < 1.29 is 19.4 Å². The molecule has 4 aromatic rings. The lowest BCUT2D eigenvalue weighted by atomic mass is 9.90. The SMILES string of the molecule is COc1ccccc1C1CC(c2c(-c3ccc(C)cc3)c3ccccc3[nH]c2=O)=NN1C(=O)CCC(=O)O. The Morgan fingerprint density at radius 2 is 1.71 bits per heavy atom. The largest absolute Gasteiger partial charge is 0.496 e. The van der Waals surface area contributed by atoms with E-state index in [9.17, 15) is 14.4 Å². The summed E-state index contributed by atoms with van der Waals surface area (Å²) in [6.07, 6.45) is -0.264. The van der Waals surface area contributed by atoms with Gasteiger partial charge in [-0.2, -0.15) is 5.10 Å². The summed E-state index contributed by atoms with van der Waals surface area (Å²) in [4.78, 5) is 41.0. The molecule has 8 nitrogen and oxygen atoms in total. The molecular formula is C30H27N3O5. The number of carboxylic acid groups (broad SMARTS) is 1. The number of rotatable bonds is 7. The van der Waals surface area contributed by atoms with Crippen molar-refractivity contribution in [3.8, 4) is 16.9 Å². The number of aliphatic carboxylic acids is 1. The van der Waals surface area contributed by atoms with E-state index < -0.39 is 17.9 Å². The monoisotopic (exact) mass is 509 g/mol. The minimum atomic E-state index is -1.07. The van der Waals surface area contributed by atoms with Crippen LogP contribution in [0.4, 0.5) is 0 Å². The fourth-order valence-electron chi connectivity index (χ4n) is 4.94. The van der Waals surface area contributed by atoms with E-state index in [0.29, 0.717) is 22.5 Å². The molecule has 0 fully saturated rings. The fourth-order valence-corrected chi connectivity index (χ4v) is 4.94. The number of hydrogen-bond acceptors (Lipinski definition) is 5. The van der Waals surface area contributed by atoms with Crippen molar-refractivity contribution in [1.82, 2.24) is 9.99 Å². The molecular weight excluding hydrogens is 482 g/mol. The molecule has 2 heterocycles. The molecule has 0 saturated heterocycles. The lowest BCUT2D eigenvalue weighted by Gasteiger charge is -2.23. The first-order chi connectivity index (χ1) is 18.4. The van der Waals surface area contributed by atoms with Gasteiger partial charge in [-0.15, -0.1) is 0 Å². The topological polar surface area (TPSA) is 112 Å². The molecule has 0 spiro atoms. The number of H-pyrrole nitrogens is 1. The van der Waals surface area contributed by atoms with Gasteiger partial charge in [-0.25, -0.2) is 5.01 Å². The Kier molecular flexibility index (Phi) is 6.79. The van der Waals surface area contributed by atoms with Crippen molar-refractivity contribution in [2.45, 2.75) is 32.2 Å². The minimum absolute atomic E-state index is 0.212. The van der Waals surface area contributed by atoms with Gasteiger partial charge >= 0.3 is 5.97 Å². The zero-order valence-electron chi connectivity index (χ0n) is 21.1. The molecule has 3 aromatic carbocycles. The number of methoxy groups -OCH3 is 1. The van der Waals surface area contributed by atoms with Crippen molar-refractivity contribution >= 4 is 28.5 Å². The number of nitrogens with zero attached hydrogens (tertiary/aromatic N) is 2. The lowest BCUT2D eigenvalue weighted by molar-refractivity contribution is -0.141. The highest BCUT2D eigenvalue weighted by atomic mass is 16.5. The summed E-state index contributed by atoms with van der Waals surface area (Å²) in [5.41, 5.74) is 4.65. The smallest absolute Gasteiger partial charge is 0.303 e. The van der Waals surface area contributed by atoms with E-state index in [1.165, 1.54) is 5.01 Å². The van der Waals surface area contributed by atoms with Crippen LogP contribution in [0, 0.1) is 6.92 Å². The van der Waals surface area contributed by atoms with Gasteiger partial charge in [0.05, 0.1) is 30.8 Å². The van der Waals surface area contributed by atoms with E-state index in [1.807, 2.05) is 73.7 Å². The van der Waals surface area contributed by atoms with Gasteiger partial charge in [-0.3, -0.25) is 14.4 Å². The molecule has 0 aliphatic carbocycles. The van der Waals surface area contributed by atoms with Crippen molar-refractivity contribution in [1.29, 1.82) is 0 Å². The Labute approximate surface area is 219 Å². The summed E-state index contributed by atoms with van der Waals surface area (Å²) in [7, 11) is 1.55. The minimum Gasteiger partial charge on any atom is -0.496 e. The number of fused-ring (bicyclic) bond motifs is 1. The number of pyridine rings is 1. The van der Waals surface area contributed by atoms with Crippen LogP contribution in [-0.2, 0) is 9.59 Å². The van der Waals surface area contributed by atoms with Gasteiger partial charge in [0.15, 0.2) is 0 Å². The van der Waals surface area contributed by atoms with Gasteiger partial charge in [0.1, 0.15) is 5.75 Å². The van der Waals surface area contributed by atoms with E-state index in [0.717, 1.165) is 27.6 Å². The molecule has 1 unspecified atom stereocenters. The first kappa shape index (κ1) is 25.0. The molecule has 8 heteroatoms. The Morgan fingerprint density at radius 1 is 1.00 bits per heavy atom. The van der Waals surface area contributed by atoms with Crippen LogP contribution in [0.1, 0.15) is 42.0 Å². The number of amides is 1. The molecule has 5 rings (SSSR count). The normalized spacial score (nSPS) is 14.9. The Morgan fingerprint density at radius 3 is 2.45 bits per heavy atom. The maximum atomic E-state index is 13.6. The van der Waals surface area contributed by atoms with Crippen LogP contribution in [0.5, 0.6) is 5.75 Å². The zero-order chi connectivity index (χ0) is 26.8. The standard InChI is InChI=1S/C30H27N3O5/c1-18-11-13-19(14-12-18)28-20-7-3-5-9-22(20)31-30(37)29(28)23-17-24(21-8-4-6-10-25(21)38-2)33(32-23)26(34)15-16-27(35)36/h3-14,24H,15-17H2,1-2H3,(H,31,37)(H,35,36). The van der Waals surface area contributed by atoms with E-state index in [1.54, 1.807) is 13.2 Å². The van der Waals surface area contributed by atoms with Gasteiger partial charge in [0.25, 0.3) is 5.56 Å². The summed E-state index contributed by atoms with van der Waals surface area (Å²) < 4.78 is 5.56. The van der Waals surface area contributed by atoms with E-state index in [2.05, 4.69) is 10.1 Å². The molecule has 1 aliphatic rings. The van der Waals surface area contributed by atoms with Crippen molar-refractivity contribution in [2.75, 3.05) is 7.11 Å². The summed E-state index contributed by atoms with van der Waals surface area (Å²) in [6, 6.07) is 22.3. The Hall–Kier alpha value is -4.72. The van der Waals surface area contributed by atoms with Crippen LogP contribution in [0.15, 0.2) is 82.7 Å². The summed E-state index contributed by atoms with van der Waals surface area (Å²) in [5, 5.41) is 16.0. The van der Waals surface area contributed by atoms with Gasteiger partial charge in [0.2, 0.25) is 5.91 Å². The van der Waals surface area contributed by atoms with Crippen LogP contribution in [0.3, 0.4) is 0 Å². The number of hydrogen-bond donors (Lipinski definition) is 2. The molecule has 1 aliphatic heterocycles. The number of para-hydroxylation sites is 2. The number of aryl methyl sites for hydroxylation is 1. The van der Waals surface area contributed by atoms with Crippen LogP contribution < -0.4 is 10.3 Å². The van der Waals surface area contributed by atoms with Crippen molar-refractivity contribution in [2.24, 2.45) is 5.10 Å². The highest BCUT2D eigenvalue weighted by molar-refractivity contribution is 6.13. The second-order valence-corrected chi connectivity index (χ2v) is 9.26. The molecule has 0 radical (unpaired) electrons. The van der Waals surface area contributed by atoms with Gasteiger partial charge in [-0.05, 0) is 24.6 Å². The average molecular weight is 510 g/mol. The van der Waals surface area contributed by atoms with Crippen molar-refractivity contribution in [3.63, 3.8) is 0 Å². The van der Waals surface area contributed by atoms with Gasteiger partial charge in [0, 0.05) is 34.9 Å². The van der Waals surface area contributed by atoms with Gasteiger partial charge in [-0.1, -0.05) is 66.2 Å². The number of aromatic amines is 1. The number of ether oxygens (including phenoxy) is 1. The third-order valence-electron chi connectivity index (χ3n) is 6.77. The van der Waals surface area contributed by atoms with Crippen LogP contribution in [0.2, 0.25) is 0 Å². The Balaban J connectivity index is 1.70. The quantitative estimate of drug-likeness (QED) is 0.362. The second kappa shape index (κ2) is 10.3. The Bertz CT molecular complexity index is 1620. The maximum Gasteiger partial charge on any atom is 0.303 e. The summed E-state index contributed by atoms with van der Waals surface area (Å²) in [5.74, 6) is -0.924.